The van der Waals surface area contributed by atoms with Crippen molar-refractivity contribution >= 4 is 85.9 Å². The molecule has 3 aromatic rings. The minimum atomic E-state index is -0.676. The summed E-state index contributed by atoms with van der Waals surface area (Å²) in [6.45, 7) is 5.50. The molecule has 4 rings (SSSR count). The van der Waals surface area contributed by atoms with E-state index in [9.17, 15) is 14.4 Å². The highest BCUT2D eigenvalue weighted by molar-refractivity contribution is 14.1. The van der Waals surface area contributed by atoms with Gasteiger partial charge < -0.3 is 10.1 Å². The van der Waals surface area contributed by atoms with Crippen molar-refractivity contribution in [2.75, 3.05) is 12.9 Å². The number of hydrogen-bond acceptors (Lipinski definition) is 5. The zero-order valence-electron chi connectivity index (χ0n) is 24.0. The lowest BCUT2D eigenvalue weighted by Gasteiger charge is -2.28. The summed E-state index contributed by atoms with van der Waals surface area (Å²) in [5.41, 5.74) is 2.93. The van der Waals surface area contributed by atoms with Crippen LogP contribution in [0, 0.1) is 7.14 Å². The number of hydrogen-bond donors (Lipinski definition) is 1. The number of carbonyl (C=O) groups is 3. The van der Waals surface area contributed by atoms with Crippen molar-refractivity contribution in [3.05, 3.63) is 139 Å². The summed E-state index contributed by atoms with van der Waals surface area (Å²) in [6.07, 6.45) is 8.26. The van der Waals surface area contributed by atoms with Gasteiger partial charge in [-0.3, -0.25) is 19.3 Å². The van der Waals surface area contributed by atoms with Gasteiger partial charge in [-0.2, -0.15) is 4.99 Å². The van der Waals surface area contributed by atoms with Crippen molar-refractivity contribution in [2.45, 2.75) is 13.0 Å². The summed E-state index contributed by atoms with van der Waals surface area (Å²) in [5, 5.41) is 3.21. The van der Waals surface area contributed by atoms with Gasteiger partial charge in [0.1, 0.15) is 11.3 Å². The van der Waals surface area contributed by atoms with Crippen LogP contribution in [0.15, 0.2) is 120 Å². The molecular weight excluding hydrogens is 800 g/mol. The number of nitrogens with zero attached hydrogens (tertiary/aromatic N) is 2. The zero-order valence-corrected chi connectivity index (χ0v) is 29.1. The molecule has 0 unspecified atom stereocenters. The van der Waals surface area contributed by atoms with Crippen LogP contribution in [0.25, 0.3) is 6.08 Å². The second kappa shape index (κ2) is 16.0. The summed E-state index contributed by atoms with van der Waals surface area (Å²) in [7, 11) is 1.59. The van der Waals surface area contributed by atoms with Gasteiger partial charge in [0.15, 0.2) is 5.17 Å². The quantitative estimate of drug-likeness (QED) is 0.100. The highest BCUT2D eigenvalue weighted by atomic mass is 127. The number of benzene rings is 3. The van der Waals surface area contributed by atoms with Crippen LogP contribution in [-0.2, 0) is 14.4 Å². The first-order valence-electron chi connectivity index (χ1n) is 13.5. The number of allylic oxidation sites excluding steroid dienone is 4. The van der Waals surface area contributed by atoms with Crippen LogP contribution in [0.4, 0.5) is 0 Å². The Bertz CT molecular complexity index is 1620. The molecule has 10 heteroatoms. The Morgan fingerprint density at radius 1 is 1.05 bits per heavy atom. The van der Waals surface area contributed by atoms with E-state index in [0.717, 1.165) is 35.8 Å². The fourth-order valence-electron chi connectivity index (χ4n) is 4.42. The highest BCUT2D eigenvalue weighted by Gasteiger charge is 2.35. The Hall–Kier alpha value is -3.49. The van der Waals surface area contributed by atoms with Crippen LogP contribution in [-0.4, -0.2) is 40.7 Å². The van der Waals surface area contributed by atoms with Gasteiger partial charge >= 0.3 is 0 Å². The molecule has 0 saturated heterocycles. The number of thioether (sulfide) groups is 1. The maximum Gasteiger partial charge on any atom is 0.285 e. The molecule has 0 aromatic heterocycles. The molecule has 224 valence electrons. The highest BCUT2D eigenvalue weighted by Crippen LogP contribution is 2.31. The molecule has 1 aliphatic rings. The smallest absolute Gasteiger partial charge is 0.285 e. The predicted octanol–water partition coefficient (Wildman–Crippen LogP) is 7.30. The monoisotopic (exact) mass is 829 g/mol. The third-order valence-electron chi connectivity index (χ3n) is 6.45. The number of aliphatic imine (C=N–C) groups is 1. The second-order valence-electron chi connectivity index (χ2n) is 9.33. The van der Waals surface area contributed by atoms with Crippen molar-refractivity contribution in [3.63, 3.8) is 0 Å². The summed E-state index contributed by atoms with van der Waals surface area (Å²) in [6, 6.07) is 22.7. The number of carbonyl (C=O) groups excluding carboxylic acids is 3. The maximum absolute atomic E-state index is 13.9. The van der Waals surface area contributed by atoms with Gasteiger partial charge in [-0.05, 0) is 93.1 Å². The molecule has 0 bridgehead atoms. The van der Waals surface area contributed by atoms with E-state index in [0.29, 0.717) is 11.3 Å². The Kier molecular flexibility index (Phi) is 12.1. The number of ether oxygens (including phenoxy) is 1. The van der Waals surface area contributed by atoms with Gasteiger partial charge in [0.25, 0.3) is 11.8 Å². The summed E-state index contributed by atoms with van der Waals surface area (Å²) < 4.78 is 7.12. The Morgan fingerprint density at radius 2 is 1.64 bits per heavy atom. The largest absolute Gasteiger partial charge is 0.495 e. The molecule has 44 heavy (non-hydrogen) atoms. The van der Waals surface area contributed by atoms with Gasteiger partial charge in [0, 0.05) is 5.70 Å². The lowest BCUT2D eigenvalue weighted by molar-refractivity contribution is -0.126. The molecule has 1 heterocycles. The Labute approximate surface area is 288 Å². The van der Waals surface area contributed by atoms with Gasteiger partial charge in [-0.1, -0.05) is 97.2 Å². The van der Waals surface area contributed by atoms with Gasteiger partial charge in [-0.25, -0.2) is 0 Å². The Morgan fingerprint density at radius 3 is 2.16 bits per heavy atom. The fraction of sp³-hybridized carbons (Fsp3) is 0.118. The number of amides is 3. The van der Waals surface area contributed by atoms with E-state index >= 15 is 0 Å². The SMILES string of the molecule is C=C/C=C\C(=C/C)N1C(=O)/C(=C/c2cc(I)c(OC)c(I)c2)C(=O)N=C1SCC(=O)NC(c1ccccc1)c1ccccc1. The minimum absolute atomic E-state index is 0.0673. The van der Waals surface area contributed by atoms with Gasteiger partial charge in [-0.15, -0.1) is 0 Å². The lowest BCUT2D eigenvalue weighted by Crippen LogP contribution is -2.42. The normalized spacial score (nSPS) is 14.8. The van der Waals surface area contributed by atoms with E-state index < -0.39 is 11.8 Å². The molecule has 3 aromatic carbocycles. The average Bonchev–Trinajstić information content (AvgIpc) is 3.02. The van der Waals surface area contributed by atoms with Crippen LogP contribution in [0.3, 0.4) is 0 Å². The third-order valence-corrected chi connectivity index (χ3v) is 8.99. The topological polar surface area (TPSA) is 88.1 Å². The number of rotatable bonds is 10. The standard InChI is InChI=1S/C34H29I2N3O4S/c1-4-6-17-25(5-2)39-33(42)26(18-22-19-27(35)31(43-3)28(36)20-22)32(41)38-34(39)44-21-29(40)37-30(23-13-9-7-10-14-23)24-15-11-8-12-16-24/h4-20,30H,1,21H2,2-3H3,(H,37,40)/b17-6-,25-5+,26-18+. The third kappa shape index (κ3) is 8.16. The van der Waals surface area contributed by atoms with Crippen molar-refractivity contribution < 1.29 is 19.1 Å². The van der Waals surface area contributed by atoms with Gasteiger partial charge in [0.05, 0.1) is 26.0 Å². The molecule has 0 spiro atoms. The lowest BCUT2D eigenvalue weighted by atomic mass is 9.99. The van der Waals surface area contributed by atoms with Crippen LogP contribution >= 0.6 is 56.9 Å². The number of nitrogens with one attached hydrogen (secondary N) is 1. The molecule has 0 saturated carbocycles. The minimum Gasteiger partial charge on any atom is -0.495 e. The van der Waals surface area contributed by atoms with Crippen molar-refractivity contribution in [1.29, 1.82) is 0 Å². The molecule has 1 N–H and O–H groups in total. The molecule has 1 aliphatic heterocycles. The van der Waals surface area contributed by atoms with E-state index in [1.165, 1.54) is 11.0 Å². The Balaban J connectivity index is 1.64. The van der Waals surface area contributed by atoms with Crippen LogP contribution in [0.2, 0.25) is 0 Å². The van der Waals surface area contributed by atoms with Crippen molar-refractivity contribution in [1.82, 2.24) is 10.2 Å². The molecule has 0 radical (unpaired) electrons. The van der Waals surface area contributed by atoms with E-state index in [2.05, 4.69) is 62.1 Å². The van der Waals surface area contributed by atoms with E-state index in [1.807, 2.05) is 72.8 Å². The molecule has 0 fully saturated rings. The van der Waals surface area contributed by atoms with Crippen molar-refractivity contribution in [3.8, 4) is 5.75 Å². The first-order valence-corrected chi connectivity index (χ1v) is 16.6. The van der Waals surface area contributed by atoms with Crippen LogP contribution in [0.1, 0.15) is 29.7 Å². The number of amidine groups is 1. The molecule has 7 nitrogen and oxygen atoms in total. The van der Waals surface area contributed by atoms with E-state index in [4.69, 9.17) is 4.74 Å². The van der Waals surface area contributed by atoms with Crippen molar-refractivity contribution in [2.24, 2.45) is 4.99 Å². The predicted molar refractivity (Wildman–Crippen MR) is 194 cm³/mol. The average molecular weight is 829 g/mol. The molecule has 3 amide bonds. The van der Waals surface area contributed by atoms with E-state index in [-0.39, 0.29) is 28.4 Å². The zero-order chi connectivity index (χ0) is 31.6. The second-order valence-corrected chi connectivity index (χ2v) is 12.6. The first kappa shape index (κ1) is 33.4. The van der Waals surface area contributed by atoms with Gasteiger partial charge in [0.2, 0.25) is 5.91 Å². The fourth-order valence-corrected chi connectivity index (χ4v) is 7.48. The molecule has 0 atom stereocenters. The number of methoxy groups -OCH3 is 1. The summed E-state index contributed by atoms with van der Waals surface area (Å²) >= 11 is 5.33. The summed E-state index contributed by atoms with van der Waals surface area (Å²) in [4.78, 5) is 46.1. The van der Waals surface area contributed by atoms with Crippen LogP contribution < -0.4 is 10.1 Å². The molecular formula is C34H29I2N3O4S. The molecule has 0 aliphatic carbocycles. The summed E-state index contributed by atoms with van der Waals surface area (Å²) in [5.74, 6) is -0.838. The van der Waals surface area contributed by atoms with E-state index in [1.54, 1.807) is 38.3 Å². The van der Waals surface area contributed by atoms with Crippen LogP contribution in [0.5, 0.6) is 5.75 Å². The maximum atomic E-state index is 13.9. The number of halogens is 2. The first-order chi connectivity index (χ1) is 21.3.